The van der Waals surface area contributed by atoms with Crippen LogP contribution in [0.2, 0.25) is 0 Å². The summed E-state index contributed by atoms with van der Waals surface area (Å²) in [5.41, 5.74) is -1.24. The zero-order valence-electron chi connectivity index (χ0n) is 10.4. The maximum absolute atomic E-state index is 11.2. The maximum atomic E-state index is 11.2. The fourth-order valence-electron chi connectivity index (χ4n) is 3.18. The van der Waals surface area contributed by atoms with E-state index in [1.807, 2.05) is 13.8 Å². The summed E-state index contributed by atoms with van der Waals surface area (Å²) in [5, 5.41) is 0. The van der Waals surface area contributed by atoms with Crippen molar-refractivity contribution in [2.75, 3.05) is 6.61 Å². The zero-order valence-corrected chi connectivity index (χ0v) is 10.4. The smallest absolute Gasteiger partial charge is 0.430 e. The molecule has 6 heteroatoms. The Morgan fingerprint density at radius 1 is 1.06 bits per heavy atom. The van der Waals surface area contributed by atoms with Crippen LogP contribution in [0.25, 0.3) is 0 Å². The Balaban J connectivity index is 1.77. The van der Waals surface area contributed by atoms with Crippen molar-refractivity contribution in [1.29, 1.82) is 0 Å². The number of cyclic esters (lactones) is 2. The Hall–Kier alpha value is -1.46. The minimum atomic E-state index is -0.625. The number of hydrogen-bond donors (Lipinski definition) is 0. The van der Waals surface area contributed by atoms with Crippen LogP contribution >= 0.6 is 0 Å². The molecular formula is C12H16O6. The number of hydrogen-bond acceptors (Lipinski definition) is 6. The fourth-order valence-corrected chi connectivity index (χ4v) is 3.18. The predicted octanol–water partition coefficient (Wildman–Crippen LogP) is 2.01. The Morgan fingerprint density at radius 2 is 1.78 bits per heavy atom. The molecular weight excluding hydrogens is 240 g/mol. The van der Waals surface area contributed by atoms with E-state index < -0.39 is 23.5 Å². The van der Waals surface area contributed by atoms with Gasteiger partial charge in [-0.1, -0.05) is 0 Å². The van der Waals surface area contributed by atoms with Crippen LogP contribution in [0.3, 0.4) is 0 Å². The topological polar surface area (TPSA) is 71.1 Å². The summed E-state index contributed by atoms with van der Waals surface area (Å²) in [5.74, 6) is 0.111. The molecule has 1 aliphatic carbocycles. The molecule has 0 bridgehead atoms. The predicted molar refractivity (Wildman–Crippen MR) is 57.9 cm³/mol. The van der Waals surface area contributed by atoms with Crippen LogP contribution in [-0.2, 0) is 18.9 Å². The summed E-state index contributed by atoms with van der Waals surface area (Å²) in [6.45, 7) is 3.99. The van der Waals surface area contributed by atoms with Crippen LogP contribution < -0.4 is 0 Å². The molecule has 0 aromatic rings. The van der Waals surface area contributed by atoms with Crippen molar-refractivity contribution in [2.45, 2.75) is 50.4 Å². The lowest BCUT2D eigenvalue weighted by atomic mass is 9.71. The molecule has 100 valence electrons. The normalized spacial score (nSPS) is 46.8. The standard InChI is InChI=1S/C12H16O6/c1-11-5-7(12(2)6-15-9(13)17-12)3-4-8(11)16-10(14)18-11/h7-8H,3-6H2,1-2H3. The van der Waals surface area contributed by atoms with Crippen molar-refractivity contribution < 1.29 is 28.5 Å². The van der Waals surface area contributed by atoms with E-state index >= 15 is 0 Å². The lowest BCUT2D eigenvalue weighted by Crippen LogP contribution is -2.49. The highest BCUT2D eigenvalue weighted by Crippen LogP contribution is 2.46. The molecule has 2 aliphatic heterocycles. The van der Waals surface area contributed by atoms with Crippen molar-refractivity contribution in [3.05, 3.63) is 0 Å². The van der Waals surface area contributed by atoms with Gasteiger partial charge in [-0.2, -0.15) is 0 Å². The molecule has 4 atom stereocenters. The van der Waals surface area contributed by atoms with Gasteiger partial charge >= 0.3 is 12.3 Å². The van der Waals surface area contributed by atoms with E-state index in [1.54, 1.807) is 0 Å². The van der Waals surface area contributed by atoms with Crippen LogP contribution in [-0.4, -0.2) is 36.2 Å². The minimum Gasteiger partial charge on any atom is -0.430 e. The van der Waals surface area contributed by atoms with E-state index in [1.165, 1.54) is 0 Å². The molecule has 0 aromatic carbocycles. The van der Waals surface area contributed by atoms with E-state index in [9.17, 15) is 9.59 Å². The number of ether oxygens (including phenoxy) is 4. The van der Waals surface area contributed by atoms with Gasteiger partial charge in [0.05, 0.1) is 0 Å². The van der Waals surface area contributed by atoms with Crippen molar-refractivity contribution in [1.82, 2.24) is 0 Å². The van der Waals surface area contributed by atoms with Crippen molar-refractivity contribution in [2.24, 2.45) is 5.92 Å². The van der Waals surface area contributed by atoms with Gasteiger partial charge in [0.2, 0.25) is 0 Å². The Bertz CT molecular complexity index is 405. The Morgan fingerprint density at radius 3 is 2.44 bits per heavy atom. The van der Waals surface area contributed by atoms with Gasteiger partial charge in [-0.15, -0.1) is 0 Å². The van der Waals surface area contributed by atoms with Crippen LogP contribution in [0.4, 0.5) is 9.59 Å². The third-order valence-corrected chi connectivity index (χ3v) is 4.32. The molecule has 0 N–H and O–H groups in total. The van der Waals surface area contributed by atoms with Crippen molar-refractivity contribution in [3.8, 4) is 0 Å². The molecule has 3 aliphatic rings. The zero-order chi connectivity index (χ0) is 13.0. The summed E-state index contributed by atoms with van der Waals surface area (Å²) in [4.78, 5) is 22.3. The highest BCUT2D eigenvalue weighted by molar-refractivity contribution is 5.64. The van der Waals surface area contributed by atoms with E-state index in [-0.39, 0.29) is 18.6 Å². The first-order chi connectivity index (χ1) is 8.41. The number of carbonyl (C=O) groups is 2. The van der Waals surface area contributed by atoms with Crippen LogP contribution in [0.15, 0.2) is 0 Å². The Kier molecular flexibility index (Phi) is 2.27. The number of rotatable bonds is 1. The molecule has 18 heavy (non-hydrogen) atoms. The molecule has 1 saturated carbocycles. The summed E-state index contributed by atoms with van der Waals surface area (Å²) in [7, 11) is 0. The highest BCUT2D eigenvalue weighted by Gasteiger charge is 2.56. The van der Waals surface area contributed by atoms with Gasteiger partial charge in [0.1, 0.15) is 18.3 Å². The highest BCUT2D eigenvalue weighted by atomic mass is 16.8. The monoisotopic (exact) mass is 256 g/mol. The number of fused-ring (bicyclic) bond motifs is 1. The van der Waals surface area contributed by atoms with Crippen LogP contribution in [0.1, 0.15) is 33.1 Å². The van der Waals surface area contributed by atoms with Gasteiger partial charge in [-0.3, -0.25) is 0 Å². The molecule has 2 heterocycles. The average Bonchev–Trinajstić information content (AvgIpc) is 2.77. The lowest BCUT2D eigenvalue weighted by Gasteiger charge is -2.41. The lowest BCUT2D eigenvalue weighted by molar-refractivity contribution is -0.0678. The molecule has 0 amide bonds. The molecule has 3 rings (SSSR count). The second-order valence-corrected chi connectivity index (χ2v) is 5.70. The first-order valence-electron chi connectivity index (χ1n) is 6.17. The first-order valence-corrected chi connectivity index (χ1v) is 6.17. The third-order valence-electron chi connectivity index (χ3n) is 4.32. The minimum absolute atomic E-state index is 0.111. The van der Waals surface area contributed by atoms with Crippen molar-refractivity contribution in [3.63, 3.8) is 0 Å². The van der Waals surface area contributed by atoms with Gasteiger partial charge < -0.3 is 18.9 Å². The molecule has 2 saturated heterocycles. The van der Waals surface area contributed by atoms with Crippen LogP contribution in [0.5, 0.6) is 0 Å². The molecule has 6 nitrogen and oxygen atoms in total. The second-order valence-electron chi connectivity index (χ2n) is 5.70. The van der Waals surface area contributed by atoms with Gasteiger partial charge in [-0.25, -0.2) is 9.59 Å². The maximum Gasteiger partial charge on any atom is 0.509 e. The molecule has 0 radical (unpaired) electrons. The summed E-state index contributed by atoms with van der Waals surface area (Å²) in [6, 6.07) is 0. The largest absolute Gasteiger partial charge is 0.509 e. The molecule has 4 unspecified atom stereocenters. The van der Waals surface area contributed by atoms with Gasteiger partial charge in [0, 0.05) is 5.92 Å². The average molecular weight is 256 g/mol. The molecule has 0 spiro atoms. The van der Waals surface area contributed by atoms with E-state index in [2.05, 4.69) is 0 Å². The summed E-state index contributed by atoms with van der Waals surface area (Å²) >= 11 is 0. The van der Waals surface area contributed by atoms with E-state index in [0.717, 1.165) is 12.8 Å². The molecule has 3 fully saturated rings. The SMILES string of the molecule is CC1(C2CCC3OC(=O)OC3(C)C2)COC(=O)O1. The fraction of sp³-hybridized carbons (Fsp3) is 0.833. The summed E-state index contributed by atoms with van der Waals surface area (Å²) in [6.07, 6.45) is 0.751. The van der Waals surface area contributed by atoms with Crippen molar-refractivity contribution >= 4 is 12.3 Å². The van der Waals surface area contributed by atoms with Gasteiger partial charge in [-0.05, 0) is 33.1 Å². The number of carbonyl (C=O) groups excluding carboxylic acids is 2. The quantitative estimate of drug-likeness (QED) is 0.668. The molecule has 0 aromatic heterocycles. The summed E-state index contributed by atoms with van der Waals surface area (Å²) < 4.78 is 20.6. The van der Waals surface area contributed by atoms with E-state index in [0.29, 0.717) is 6.42 Å². The van der Waals surface area contributed by atoms with E-state index in [4.69, 9.17) is 18.9 Å². The third kappa shape index (κ3) is 1.62. The van der Waals surface area contributed by atoms with Gasteiger partial charge in [0.25, 0.3) is 0 Å². The second kappa shape index (κ2) is 3.52. The van der Waals surface area contributed by atoms with Crippen LogP contribution in [0, 0.1) is 5.92 Å². The Labute approximate surface area is 105 Å². The van der Waals surface area contributed by atoms with Gasteiger partial charge in [0.15, 0.2) is 5.60 Å². The first kappa shape index (κ1) is 11.6.